The first-order valence-corrected chi connectivity index (χ1v) is 5.76. The van der Waals surface area contributed by atoms with Crippen LogP contribution < -0.4 is 0 Å². The fourth-order valence-corrected chi connectivity index (χ4v) is 2.04. The molecule has 2 fully saturated rings. The van der Waals surface area contributed by atoms with Crippen LogP contribution in [0.3, 0.4) is 0 Å². The van der Waals surface area contributed by atoms with Gasteiger partial charge in [0.25, 0.3) is 0 Å². The van der Waals surface area contributed by atoms with Gasteiger partial charge in [-0.2, -0.15) is 0 Å². The van der Waals surface area contributed by atoms with E-state index >= 15 is 0 Å². The van der Waals surface area contributed by atoms with E-state index in [0.29, 0.717) is 5.92 Å². The molecule has 2 aliphatic rings. The Bertz CT molecular complexity index is 217. The molecule has 0 saturated heterocycles. The Morgan fingerprint density at radius 3 is 1.94 bits per heavy atom. The molecule has 0 heterocycles. The maximum Gasteiger partial charge on any atom is 0.311 e. The summed E-state index contributed by atoms with van der Waals surface area (Å²) in [5.41, 5.74) is 0. The van der Waals surface area contributed by atoms with Gasteiger partial charge in [-0.05, 0) is 32.1 Å². The predicted molar refractivity (Wildman–Crippen MR) is 58.6 cm³/mol. The molecule has 0 aromatic heterocycles. The second-order valence-corrected chi connectivity index (χ2v) is 4.25. The molecule has 5 heteroatoms. The van der Waals surface area contributed by atoms with Crippen molar-refractivity contribution in [1.29, 1.82) is 0 Å². The summed E-state index contributed by atoms with van der Waals surface area (Å²) in [7, 11) is 0. The summed E-state index contributed by atoms with van der Waals surface area (Å²) >= 11 is 0. The summed E-state index contributed by atoms with van der Waals surface area (Å²) in [4.78, 5) is 20.3. The van der Waals surface area contributed by atoms with Crippen LogP contribution in [0, 0.1) is 18.3 Å². The van der Waals surface area contributed by atoms with Gasteiger partial charge in [0, 0.05) is 17.1 Å². The molecule has 0 amide bonds. The predicted octanol–water partition coefficient (Wildman–Crippen LogP) is 2.29. The van der Waals surface area contributed by atoms with Gasteiger partial charge in [-0.1, -0.05) is 19.3 Å². The fourth-order valence-electron chi connectivity index (χ4n) is 2.04. The van der Waals surface area contributed by atoms with E-state index in [-0.39, 0.29) is 23.0 Å². The average Bonchev–Trinajstić information content (AvgIpc) is 2.93. The Kier molecular flexibility index (Phi) is 8.26. The average molecular weight is 282 g/mol. The maximum atomic E-state index is 10.2. The molecule has 4 nitrogen and oxygen atoms in total. The number of rotatable bonds is 2. The van der Waals surface area contributed by atoms with Gasteiger partial charge in [-0.3, -0.25) is 9.59 Å². The van der Waals surface area contributed by atoms with Crippen molar-refractivity contribution in [2.24, 2.45) is 5.92 Å². The molecule has 0 aliphatic heterocycles. The maximum absolute atomic E-state index is 10.2. The van der Waals surface area contributed by atoms with E-state index in [9.17, 15) is 9.59 Å². The van der Waals surface area contributed by atoms with Gasteiger partial charge >= 0.3 is 11.9 Å². The Morgan fingerprint density at radius 2 is 1.71 bits per heavy atom. The Labute approximate surface area is 112 Å². The number of hydrogen-bond acceptors (Lipinski definition) is 2. The standard InChI is InChI=1S/C6H10O2.C6H8O2.Fe/c2*7-6(8)5-3-1-2-4-5;/h5H,1-4H2,(H,7,8);3H,1-2,4H2,(H,7,8);. The minimum absolute atomic E-state index is 0. The van der Waals surface area contributed by atoms with Crippen molar-refractivity contribution < 1.29 is 36.9 Å². The molecule has 2 rings (SSSR count). The van der Waals surface area contributed by atoms with Gasteiger partial charge in [0.15, 0.2) is 0 Å². The van der Waals surface area contributed by atoms with Crippen LogP contribution in [0.5, 0.6) is 0 Å². The smallest absolute Gasteiger partial charge is 0.311 e. The number of aliphatic carboxylic acids is 2. The largest absolute Gasteiger partial charge is 0.481 e. The quantitative estimate of drug-likeness (QED) is 0.762. The van der Waals surface area contributed by atoms with Crippen LogP contribution in [0.2, 0.25) is 0 Å². The minimum Gasteiger partial charge on any atom is -0.481 e. The molecule has 2 radical (unpaired) electrons. The van der Waals surface area contributed by atoms with Gasteiger partial charge < -0.3 is 10.2 Å². The van der Waals surface area contributed by atoms with Gasteiger partial charge in [0.05, 0.1) is 11.8 Å². The molecular weight excluding hydrogens is 264 g/mol. The summed E-state index contributed by atoms with van der Waals surface area (Å²) in [6.07, 6.45) is 8.53. The number of carboxylic acids is 2. The molecule has 0 bridgehead atoms. The van der Waals surface area contributed by atoms with E-state index < -0.39 is 11.9 Å². The first kappa shape index (κ1) is 16.5. The van der Waals surface area contributed by atoms with Crippen molar-refractivity contribution in [3.63, 3.8) is 0 Å². The van der Waals surface area contributed by atoms with Gasteiger partial charge in [0.2, 0.25) is 0 Å². The van der Waals surface area contributed by atoms with Crippen molar-refractivity contribution in [1.82, 2.24) is 0 Å². The first-order chi connectivity index (χ1) is 7.61. The van der Waals surface area contributed by atoms with Crippen LogP contribution in [0.1, 0.15) is 44.9 Å². The normalized spacial score (nSPS) is 20.2. The van der Waals surface area contributed by atoms with Gasteiger partial charge in [-0.25, -0.2) is 0 Å². The molecule has 0 aromatic carbocycles. The Morgan fingerprint density at radius 1 is 1.12 bits per heavy atom. The number of hydrogen-bond donors (Lipinski definition) is 2. The summed E-state index contributed by atoms with van der Waals surface area (Å²) in [5, 5.41) is 16.8. The van der Waals surface area contributed by atoms with E-state index in [1.54, 1.807) is 6.42 Å². The molecule has 2 aliphatic carbocycles. The molecule has 2 saturated carbocycles. The second-order valence-electron chi connectivity index (χ2n) is 4.25. The van der Waals surface area contributed by atoms with Crippen molar-refractivity contribution in [2.45, 2.75) is 44.9 Å². The third kappa shape index (κ3) is 6.08. The zero-order valence-corrected chi connectivity index (χ0v) is 10.8. The van der Waals surface area contributed by atoms with E-state index in [1.165, 1.54) is 0 Å². The summed E-state index contributed by atoms with van der Waals surface area (Å²) in [5.74, 6) is -0.787. The Hall–Kier alpha value is -0.541. The zero-order chi connectivity index (χ0) is 12.0. The summed E-state index contributed by atoms with van der Waals surface area (Å²) in [6, 6.07) is 0. The van der Waals surface area contributed by atoms with Crippen LogP contribution in [-0.2, 0) is 26.7 Å². The van der Waals surface area contributed by atoms with Crippen LogP contribution in [0.15, 0.2) is 0 Å². The van der Waals surface area contributed by atoms with Crippen molar-refractivity contribution >= 4 is 11.9 Å². The fraction of sp³-hybridized carbons (Fsp3) is 0.667. The minimum atomic E-state index is -0.748. The topological polar surface area (TPSA) is 74.6 Å². The van der Waals surface area contributed by atoms with Crippen molar-refractivity contribution in [3.8, 4) is 0 Å². The number of carboxylic acid groups (broad SMARTS) is 2. The van der Waals surface area contributed by atoms with E-state index in [1.807, 2.05) is 0 Å². The second kappa shape index (κ2) is 8.54. The first-order valence-electron chi connectivity index (χ1n) is 5.76. The van der Waals surface area contributed by atoms with Crippen molar-refractivity contribution in [3.05, 3.63) is 12.3 Å². The van der Waals surface area contributed by atoms with Crippen LogP contribution in [0.4, 0.5) is 0 Å². The van der Waals surface area contributed by atoms with Crippen LogP contribution >= 0.6 is 0 Å². The molecular formula is C12H18FeO4. The van der Waals surface area contributed by atoms with E-state index in [2.05, 4.69) is 0 Å². The molecule has 2 N–H and O–H groups in total. The van der Waals surface area contributed by atoms with E-state index in [0.717, 1.165) is 44.9 Å². The molecule has 0 unspecified atom stereocenters. The molecule has 17 heavy (non-hydrogen) atoms. The Balaban J connectivity index is 0.000000284. The third-order valence-electron chi connectivity index (χ3n) is 3.02. The van der Waals surface area contributed by atoms with Crippen LogP contribution in [-0.4, -0.2) is 22.2 Å². The van der Waals surface area contributed by atoms with Gasteiger partial charge in [-0.15, -0.1) is 0 Å². The number of carbonyl (C=O) groups is 2. The summed E-state index contributed by atoms with van der Waals surface area (Å²) < 4.78 is 0. The molecule has 0 aromatic rings. The van der Waals surface area contributed by atoms with E-state index in [4.69, 9.17) is 10.2 Å². The SMILES string of the molecule is O=C(O)C1CCCC1.O=C(O)[C]1[CH]CCC1.[Fe]. The molecule has 0 spiro atoms. The van der Waals surface area contributed by atoms with Gasteiger partial charge in [0.1, 0.15) is 0 Å². The summed E-state index contributed by atoms with van der Waals surface area (Å²) in [6.45, 7) is 0. The monoisotopic (exact) mass is 282 g/mol. The molecule has 98 valence electrons. The third-order valence-corrected chi connectivity index (χ3v) is 3.02. The van der Waals surface area contributed by atoms with Crippen LogP contribution in [0.25, 0.3) is 0 Å². The molecule has 0 atom stereocenters. The zero-order valence-electron chi connectivity index (χ0n) is 9.67. The van der Waals surface area contributed by atoms with Crippen molar-refractivity contribution in [2.75, 3.05) is 0 Å².